The largest absolute Gasteiger partial charge is 0.338 e. The smallest absolute Gasteiger partial charge is 0.244 e. The van der Waals surface area contributed by atoms with Crippen molar-refractivity contribution in [1.82, 2.24) is 20.4 Å². The van der Waals surface area contributed by atoms with Gasteiger partial charge in [0.25, 0.3) is 0 Å². The molecule has 0 aliphatic rings. The van der Waals surface area contributed by atoms with Crippen LogP contribution >= 0.6 is 11.3 Å². The molecule has 3 heterocycles. The molecule has 0 aliphatic carbocycles. The van der Waals surface area contributed by atoms with Crippen LogP contribution in [0.4, 0.5) is 5.88 Å². The molecule has 29 heavy (non-hydrogen) atoms. The molecule has 1 aromatic carbocycles. The fourth-order valence-corrected chi connectivity index (χ4v) is 3.42. The van der Waals surface area contributed by atoms with Crippen molar-refractivity contribution >= 4 is 23.1 Å². The Labute approximate surface area is 171 Å². The Balaban J connectivity index is 1.46. The van der Waals surface area contributed by atoms with E-state index < -0.39 is 6.04 Å². The van der Waals surface area contributed by atoms with Crippen LogP contribution in [0, 0.1) is 0 Å². The van der Waals surface area contributed by atoms with Gasteiger partial charge in [-0.05, 0) is 24.1 Å². The van der Waals surface area contributed by atoms with Crippen LogP contribution in [-0.4, -0.2) is 27.1 Å². The van der Waals surface area contributed by atoms with Crippen molar-refractivity contribution in [3.8, 4) is 11.3 Å². The maximum atomic E-state index is 12.9. The van der Waals surface area contributed by atoms with Gasteiger partial charge in [-0.2, -0.15) is 0 Å². The molecule has 7 nitrogen and oxygen atoms in total. The lowest BCUT2D eigenvalue weighted by molar-refractivity contribution is -0.118. The Kier molecular flexibility index (Phi) is 6.04. The summed E-state index contributed by atoms with van der Waals surface area (Å²) < 4.78 is 5.30. The number of carbonyl (C=O) groups excluding carboxylic acids is 1. The molecule has 0 saturated carbocycles. The number of rotatable bonds is 8. The van der Waals surface area contributed by atoms with Crippen molar-refractivity contribution in [3.05, 3.63) is 83.1 Å². The lowest BCUT2D eigenvalue weighted by Crippen LogP contribution is -2.41. The highest BCUT2D eigenvalue weighted by Gasteiger charge is 2.21. The minimum atomic E-state index is -0.450. The number of thiazole rings is 1. The predicted molar refractivity (Wildman–Crippen MR) is 111 cm³/mol. The molecule has 0 aliphatic heterocycles. The van der Waals surface area contributed by atoms with Gasteiger partial charge in [-0.25, -0.2) is 4.98 Å². The van der Waals surface area contributed by atoms with Crippen molar-refractivity contribution < 1.29 is 9.32 Å². The second-order valence-corrected chi connectivity index (χ2v) is 7.12. The Hall–Kier alpha value is -3.36. The molecule has 0 fully saturated rings. The average Bonchev–Trinajstić information content (AvgIpc) is 3.45. The zero-order chi connectivity index (χ0) is 19.9. The van der Waals surface area contributed by atoms with E-state index in [1.807, 2.05) is 47.8 Å². The molecular formula is C21H19N5O2S. The van der Waals surface area contributed by atoms with Crippen molar-refractivity contribution in [2.24, 2.45) is 0 Å². The molecule has 1 amide bonds. The molecule has 1 unspecified atom stereocenters. The van der Waals surface area contributed by atoms with Gasteiger partial charge >= 0.3 is 0 Å². The summed E-state index contributed by atoms with van der Waals surface area (Å²) in [7, 11) is 0. The number of nitrogens with one attached hydrogen (secondary N) is 2. The van der Waals surface area contributed by atoms with Crippen LogP contribution in [0.3, 0.4) is 0 Å². The van der Waals surface area contributed by atoms with Crippen LogP contribution in [0.5, 0.6) is 0 Å². The van der Waals surface area contributed by atoms with E-state index in [1.165, 1.54) is 11.3 Å². The van der Waals surface area contributed by atoms with Gasteiger partial charge in [0.05, 0.1) is 17.2 Å². The molecule has 4 aromatic rings. The van der Waals surface area contributed by atoms with E-state index >= 15 is 0 Å². The molecule has 0 spiro atoms. The number of carbonyl (C=O) groups is 1. The average molecular weight is 405 g/mol. The van der Waals surface area contributed by atoms with E-state index in [0.717, 1.165) is 16.8 Å². The van der Waals surface area contributed by atoms with Gasteiger partial charge in [0, 0.05) is 35.9 Å². The molecule has 3 aromatic heterocycles. The monoisotopic (exact) mass is 405 g/mol. The van der Waals surface area contributed by atoms with Gasteiger partial charge in [0.1, 0.15) is 5.69 Å². The molecule has 8 heteroatoms. The highest BCUT2D eigenvalue weighted by Crippen LogP contribution is 2.21. The molecule has 0 saturated heterocycles. The maximum absolute atomic E-state index is 12.9. The van der Waals surface area contributed by atoms with Gasteiger partial charge in [-0.1, -0.05) is 35.5 Å². The van der Waals surface area contributed by atoms with E-state index in [1.54, 1.807) is 24.0 Å². The van der Waals surface area contributed by atoms with E-state index in [4.69, 9.17) is 4.52 Å². The third-order valence-corrected chi connectivity index (χ3v) is 4.98. The number of amides is 1. The van der Waals surface area contributed by atoms with Crippen molar-refractivity contribution in [2.45, 2.75) is 19.0 Å². The van der Waals surface area contributed by atoms with Gasteiger partial charge < -0.3 is 4.52 Å². The number of nitrogens with zero attached hydrogens (tertiary/aromatic N) is 3. The van der Waals surface area contributed by atoms with E-state index in [0.29, 0.717) is 24.5 Å². The predicted octanol–water partition coefficient (Wildman–Crippen LogP) is 3.53. The second-order valence-electron chi connectivity index (χ2n) is 6.40. The molecule has 0 bridgehead atoms. The third-order valence-electron chi connectivity index (χ3n) is 4.34. The van der Waals surface area contributed by atoms with Crippen LogP contribution in [0.25, 0.3) is 11.3 Å². The minimum absolute atomic E-state index is 0.193. The number of anilines is 1. The summed E-state index contributed by atoms with van der Waals surface area (Å²) in [6.07, 6.45) is 3.91. The highest BCUT2D eigenvalue weighted by atomic mass is 32.1. The molecule has 2 N–H and O–H groups in total. The van der Waals surface area contributed by atoms with Crippen molar-refractivity contribution in [2.75, 3.05) is 5.32 Å². The van der Waals surface area contributed by atoms with Gasteiger partial charge in [-0.15, -0.1) is 11.3 Å². The molecule has 0 radical (unpaired) electrons. The third kappa shape index (κ3) is 5.13. The second kappa shape index (κ2) is 9.22. The lowest BCUT2D eigenvalue weighted by atomic mass is 10.1. The topological polar surface area (TPSA) is 92.9 Å². The fraction of sp³-hybridized carbons (Fsp3) is 0.143. The summed E-state index contributed by atoms with van der Waals surface area (Å²) in [5.74, 6) is 0.108. The molecule has 146 valence electrons. The highest BCUT2D eigenvalue weighted by molar-refractivity contribution is 7.07. The van der Waals surface area contributed by atoms with Crippen molar-refractivity contribution in [3.63, 3.8) is 0 Å². The zero-order valence-electron chi connectivity index (χ0n) is 15.5. The van der Waals surface area contributed by atoms with E-state index in [2.05, 4.69) is 25.8 Å². The number of aromatic nitrogens is 3. The van der Waals surface area contributed by atoms with Crippen LogP contribution in [0.15, 0.2) is 76.3 Å². The maximum Gasteiger partial charge on any atom is 0.244 e. The normalized spacial score (nSPS) is 11.9. The Morgan fingerprint density at radius 1 is 1.14 bits per heavy atom. The number of hydrogen-bond acceptors (Lipinski definition) is 7. The first kappa shape index (κ1) is 19.0. The van der Waals surface area contributed by atoms with Crippen molar-refractivity contribution in [1.29, 1.82) is 0 Å². The number of pyridine rings is 1. The summed E-state index contributed by atoms with van der Waals surface area (Å²) in [4.78, 5) is 21.2. The summed E-state index contributed by atoms with van der Waals surface area (Å²) in [6, 6.07) is 14.8. The van der Waals surface area contributed by atoms with Gasteiger partial charge in [-0.3, -0.25) is 20.4 Å². The summed E-state index contributed by atoms with van der Waals surface area (Å²) in [5, 5.41) is 12.1. The minimum Gasteiger partial charge on any atom is -0.338 e. The summed E-state index contributed by atoms with van der Waals surface area (Å²) in [5.41, 5.74) is 5.25. The first-order valence-electron chi connectivity index (χ1n) is 9.10. The number of hydrogen-bond donors (Lipinski definition) is 2. The Morgan fingerprint density at radius 3 is 2.72 bits per heavy atom. The van der Waals surface area contributed by atoms with E-state index in [9.17, 15) is 4.79 Å². The van der Waals surface area contributed by atoms with Crippen LogP contribution in [0.2, 0.25) is 0 Å². The van der Waals surface area contributed by atoms with Crippen LogP contribution in [-0.2, 0) is 17.8 Å². The SMILES string of the molecule is O=C(Nc1cc(-c2ccncc2)no1)C(Cc1ccccc1)NCc1cscn1. The lowest BCUT2D eigenvalue weighted by Gasteiger charge is -2.17. The standard InChI is InChI=1S/C21H19N5O2S/c27-21(25-20-11-18(26-28-20)16-6-8-22-9-7-16)19(10-15-4-2-1-3-5-15)23-12-17-13-29-14-24-17/h1-9,11,13-14,19,23H,10,12H2,(H,25,27). The van der Waals surface area contributed by atoms with E-state index in [-0.39, 0.29) is 5.91 Å². The first-order valence-corrected chi connectivity index (χ1v) is 10.0. The fourth-order valence-electron chi connectivity index (χ4n) is 2.86. The quantitative estimate of drug-likeness (QED) is 0.466. The van der Waals surface area contributed by atoms with Crippen LogP contribution in [0.1, 0.15) is 11.3 Å². The van der Waals surface area contributed by atoms with Gasteiger partial charge in [0.15, 0.2) is 0 Å². The molecule has 1 atom stereocenters. The summed E-state index contributed by atoms with van der Waals surface area (Å²) in [6.45, 7) is 0.507. The van der Waals surface area contributed by atoms with Crippen LogP contribution < -0.4 is 10.6 Å². The zero-order valence-corrected chi connectivity index (χ0v) is 16.3. The number of benzene rings is 1. The first-order chi connectivity index (χ1) is 14.3. The Bertz CT molecular complexity index is 1040. The van der Waals surface area contributed by atoms with Gasteiger partial charge in [0.2, 0.25) is 11.8 Å². The molecular weight excluding hydrogens is 386 g/mol. The summed E-state index contributed by atoms with van der Waals surface area (Å²) >= 11 is 1.53. The molecule has 4 rings (SSSR count). The Morgan fingerprint density at radius 2 is 1.97 bits per heavy atom.